The predicted octanol–water partition coefficient (Wildman–Crippen LogP) is 3.46. The Bertz CT molecular complexity index is 940. The Morgan fingerprint density at radius 2 is 1.82 bits per heavy atom. The number of aliphatic hydroxyl groups excluding tert-OH is 2. The average Bonchev–Trinajstić information content (AvgIpc) is 3.06. The van der Waals surface area contributed by atoms with Crippen molar-refractivity contribution < 1.29 is 19.8 Å². The highest BCUT2D eigenvalue weighted by atomic mass is 16.3. The molecule has 2 aliphatic carbocycles. The lowest BCUT2D eigenvalue weighted by atomic mass is 9.51. The summed E-state index contributed by atoms with van der Waals surface area (Å²) in [5.74, 6) is -1.55. The van der Waals surface area contributed by atoms with Crippen molar-refractivity contribution in [3.05, 3.63) is 60.2 Å². The topological polar surface area (TPSA) is 86.6 Å². The van der Waals surface area contributed by atoms with Gasteiger partial charge < -0.3 is 15.5 Å². The number of hydrogen-bond acceptors (Lipinski definition) is 4. The van der Waals surface area contributed by atoms with E-state index in [4.69, 9.17) is 0 Å². The van der Waals surface area contributed by atoms with Crippen LogP contribution >= 0.6 is 0 Å². The van der Waals surface area contributed by atoms with Crippen LogP contribution in [0.1, 0.15) is 45.6 Å². The van der Waals surface area contributed by atoms with Gasteiger partial charge in [-0.15, -0.1) is 0 Å². The number of rotatable bonds is 2. The molecule has 1 amide bonds. The number of benzene rings is 1. The molecule has 9 atom stereocenters. The highest BCUT2D eigenvalue weighted by Gasteiger charge is 2.68. The van der Waals surface area contributed by atoms with Crippen molar-refractivity contribution in [3.8, 4) is 0 Å². The van der Waals surface area contributed by atoms with Crippen LogP contribution in [0.3, 0.4) is 0 Å². The van der Waals surface area contributed by atoms with Gasteiger partial charge in [-0.25, -0.2) is 0 Å². The van der Waals surface area contributed by atoms with Gasteiger partial charge in [0.05, 0.1) is 12.2 Å². The number of aliphatic hydroxyl groups is 2. The number of amides is 1. The summed E-state index contributed by atoms with van der Waals surface area (Å²) in [6.07, 6.45) is 4.20. The van der Waals surface area contributed by atoms with Gasteiger partial charge >= 0.3 is 0 Å². The maximum Gasteiger partial charge on any atom is 0.235 e. The lowest BCUT2D eigenvalue weighted by Gasteiger charge is -2.49. The molecule has 1 aliphatic heterocycles. The summed E-state index contributed by atoms with van der Waals surface area (Å²) in [7, 11) is 0. The normalized spacial score (nSPS) is 42.6. The van der Waals surface area contributed by atoms with E-state index >= 15 is 0 Å². The van der Waals surface area contributed by atoms with Gasteiger partial charge in [0.2, 0.25) is 5.91 Å². The molecule has 0 radical (unpaired) electrons. The van der Waals surface area contributed by atoms with Crippen molar-refractivity contribution in [2.45, 2.75) is 64.7 Å². The lowest BCUT2D eigenvalue weighted by molar-refractivity contribution is -0.153. The highest BCUT2D eigenvalue weighted by Crippen LogP contribution is 2.57. The third-order valence-electron chi connectivity index (χ3n) is 8.49. The average molecular weight is 452 g/mol. The summed E-state index contributed by atoms with van der Waals surface area (Å²) >= 11 is 0. The molecule has 0 aromatic heterocycles. The van der Waals surface area contributed by atoms with Crippen LogP contribution in [-0.4, -0.2) is 40.2 Å². The molecule has 3 N–H and O–H groups in total. The third kappa shape index (κ3) is 4.00. The summed E-state index contributed by atoms with van der Waals surface area (Å²) < 4.78 is 0. The molecule has 1 heterocycles. The number of Topliss-reactive ketones (excluding diaryl/α,β-unsaturated/α-hetero) is 1. The molecular formula is C28H37NO4. The Hall–Kier alpha value is -2.24. The second-order valence-corrected chi connectivity index (χ2v) is 10.7. The van der Waals surface area contributed by atoms with E-state index in [0.29, 0.717) is 17.9 Å². The van der Waals surface area contributed by atoms with E-state index in [-0.39, 0.29) is 41.9 Å². The molecule has 5 heteroatoms. The van der Waals surface area contributed by atoms with Crippen LogP contribution in [0.5, 0.6) is 0 Å². The molecule has 1 saturated carbocycles. The quantitative estimate of drug-likeness (QED) is 0.475. The molecule has 1 unspecified atom stereocenters. The molecule has 3 aliphatic rings. The standard InChI is InChI=1S/C28H37NO4/c1-16-9-8-12-21-26(32)19(4)18(3)25-22(14-20-10-6-5-7-11-20)29-27(33)28(21,25)24(31)15-23(30)17(2)13-16/h5-8,10-12,16-18,21-23,25-26,30,32H,4,9,13-15H2,1-3H3,(H,29,33)/b12-8+/t16?,17-,18+,21-,22-,23-,25-,26-,28-/m0/s1. The zero-order valence-corrected chi connectivity index (χ0v) is 19.9. The molecule has 5 nitrogen and oxygen atoms in total. The maximum atomic E-state index is 14.0. The fourth-order valence-corrected chi connectivity index (χ4v) is 6.65. The van der Waals surface area contributed by atoms with Crippen LogP contribution < -0.4 is 5.32 Å². The minimum absolute atomic E-state index is 0.0470. The monoisotopic (exact) mass is 451 g/mol. The number of carbonyl (C=O) groups is 2. The molecule has 0 bridgehead atoms. The van der Waals surface area contributed by atoms with Gasteiger partial charge in [0.1, 0.15) is 5.41 Å². The van der Waals surface area contributed by atoms with Crippen LogP contribution in [-0.2, 0) is 16.0 Å². The van der Waals surface area contributed by atoms with Crippen LogP contribution in [0, 0.1) is 35.0 Å². The minimum Gasteiger partial charge on any atom is -0.392 e. The second kappa shape index (κ2) is 9.19. The fraction of sp³-hybridized carbons (Fsp3) is 0.571. The molecular weight excluding hydrogens is 414 g/mol. The minimum atomic E-state index is -1.41. The van der Waals surface area contributed by atoms with Crippen molar-refractivity contribution in [3.63, 3.8) is 0 Å². The summed E-state index contributed by atoms with van der Waals surface area (Å²) in [6.45, 7) is 10.3. The van der Waals surface area contributed by atoms with Crippen molar-refractivity contribution >= 4 is 11.7 Å². The number of hydrogen-bond donors (Lipinski definition) is 3. The molecule has 1 spiro atoms. The van der Waals surface area contributed by atoms with E-state index in [1.54, 1.807) is 0 Å². The van der Waals surface area contributed by atoms with Gasteiger partial charge in [-0.1, -0.05) is 69.8 Å². The summed E-state index contributed by atoms with van der Waals surface area (Å²) in [5.41, 5.74) is 0.344. The van der Waals surface area contributed by atoms with Gasteiger partial charge in [0, 0.05) is 24.3 Å². The first-order chi connectivity index (χ1) is 15.7. The molecule has 1 saturated heterocycles. The third-order valence-corrected chi connectivity index (χ3v) is 8.49. The van der Waals surface area contributed by atoms with Crippen LogP contribution in [0.25, 0.3) is 0 Å². The number of allylic oxidation sites excluding steroid dienone is 1. The Balaban J connectivity index is 1.83. The Morgan fingerprint density at radius 1 is 1.12 bits per heavy atom. The van der Waals surface area contributed by atoms with E-state index in [2.05, 4.69) is 18.8 Å². The van der Waals surface area contributed by atoms with Crippen LogP contribution in [0.15, 0.2) is 54.6 Å². The van der Waals surface area contributed by atoms with Gasteiger partial charge in [-0.3, -0.25) is 9.59 Å². The largest absolute Gasteiger partial charge is 0.392 e. The zero-order chi connectivity index (χ0) is 23.9. The van der Waals surface area contributed by atoms with E-state index in [1.165, 1.54) is 0 Å². The van der Waals surface area contributed by atoms with E-state index in [0.717, 1.165) is 18.4 Å². The zero-order valence-electron chi connectivity index (χ0n) is 19.9. The number of ketones is 1. The first-order valence-corrected chi connectivity index (χ1v) is 12.3. The molecule has 4 rings (SSSR count). The molecule has 1 aromatic carbocycles. The van der Waals surface area contributed by atoms with Gasteiger partial charge in [-0.05, 0) is 48.2 Å². The molecule has 178 valence electrons. The summed E-state index contributed by atoms with van der Waals surface area (Å²) in [5, 5.41) is 25.3. The first kappa shape index (κ1) is 23.9. The number of carbonyl (C=O) groups excluding carboxylic acids is 2. The van der Waals surface area contributed by atoms with Crippen molar-refractivity contribution in [2.24, 2.45) is 35.0 Å². The fourth-order valence-electron chi connectivity index (χ4n) is 6.65. The van der Waals surface area contributed by atoms with E-state index < -0.39 is 23.5 Å². The van der Waals surface area contributed by atoms with Crippen molar-refractivity contribution in [1.82, 2.24) is 5.32 Å². The predicted molar refractivity (Wildman–Crippen MR) is 128 cm³/mol. The SMILES string of the molecule is C=C1[C@@H](C)[C@H]2[C@H](Cc3ccccc3)NC(=O)[C@@]23C(=O)C[C@H](O)[C@@H](C)CC(C)C/C=C/[C@H]3[C@H]1O. The Labute approximate surface area is 197 Å². The second-order valence-electron chi connectivity index (χ2n) is 10.7. The molecule has 33 heavy (non-hydrogen) atoms. The van der Waals surface area contributed by atoms with Gasteiger partial charge in [-0.2, -0.15) is 0 Å². The number of nitrogens with one attached hydrogen (secondary N) is 1. The highest BCUT2D eigenvalue weighted by molar-refractivity contribution is 6.09. The molecule has 2 fully saturated rings. The van der Waals surface area contributed by atoms with Gasteiger partial charge in [0.15, 0.2) is 5.78 Å². The smallest absolute Gasteiger partial charge is 0.235 e. The van der Waals surface area contributed by atoms with Gasteiger partial charge in [0.25, 0.3) is 0 Å². The summed E-state index contributed by atoms with van der Waals surface area (Å²) in [6, 6.07) is 9.69. The summed E-state index contributed by atoms with van der Waals surface area (Å²) in [4.78, 5) is 27.8. The Morgan fingerprint density at radius 3 is 2.52 bits per heavy atom. The van der Waals surface area contributed by atoms with Crippen molar-refractivity contribution in [1.29, 1.82) is 0 Å². The van der Waals surface area contributed by atoms with Crippen LogP contribution in [0.4, 0.5) is 0 Å². The van der Waals surface area contributed by atoms with E-state index in [1.807, 2.05) is 56.3 Å². The van der Waals surface area contributed by atoms with E-state index in [9.17, 15) is 19.8 Å². The maximum absolute atomic E-state index is 14.0. The molecule has 1 aromatic rings. The first-order valence-electron chi connectivity index (χ1n) is 12.3. The Kier molecular flexibility index (Phi) is 6.66. The van der Waals surface area contributed by atoms with Crippen molar-refractivity contribution in [2.75, 3.05) is 0 Å². The lowest BCUT2D eigenvalue weighted by Crippen LogP contribution is -2.59. The van der Waals surface area contributed by atoms with Crippen LogP contribution in [0.2, 0.25) is 0 Å².